The third-order valence-electron chi connectivity index (χ3n) is 6.87. The number of hydrogen-bond acceptors (Lipinski definition) is 4. The van der Waals surface area contributed by atoms with Gasteiger partial charge >= 0.3 is 0 Å². The second-order valence-electron chi connectivity index (χ2n) is 9.12. The zero-order chi connectivity index (χ0) is 22.1. The molecule has 6 nitrogen and oxygen atoms in total. The van der Waals surface area contributed by atoms with E-state index in [9.17, 15) is 9.59 Å². The molecule has 1 aromatic rings. The summed E-state index contributed by atoms with van der Waals surface area (Å²) >= 11 is 0. The van der Waals surface area contributed by atoms with Crippen molar-refractivity contribution in [2.75, 3.05) is 58.9 Å². The largest absolute Gasteiger partial charge is 0.356 e. The normalized spacial score (nSPS) is 18.8. The summed E-state index contributed by atoms with van der Waals surface area (Å²) in [7, 11) is 0. The van der Waals surface area contributed by atoms with Crippen LogP contribution >= 0.6 is 0 Å². The van der Waals surface area contributed by atoms with Crippen molar-refractivity contribution in [1.29, 1.82) is 0 Å². The van der Waals surface area contributed by atoms with Crippen LogP contribution in [0.15, 0.2) is 24.3 Å². The molecule has 2 amide bonds. The summed E-state index contributed by atoms with van der Waals surface area (Å²) in [6, 6.07) is 7.81. The Labute approximate surface area is 188 Å². The van der Waals surface area contributed by atoms with E-state index in [2.05, 4.69) is 22.0 Å². The van der Waals surface area contributed by atoms with E-state index in [4.69, 9.17) is 0 Å². The zero-order valence-electron chi connectivity index (χ0n) is 19.4. The maximum Gasteiger partial charge on any atom is 0.253 e. The summed E-state index contributed by atoms with van der Waals surface area (Å²) in [6.07, 6.45) is 4.55. The fraction of sp³-hybridized carbons (Fsp3) is 0.680. The Morgan fingerprint density at radius 1 is 0.968 bits per heavy atom. The molecule has 31 heavy (non-hydrogen) atoms. The molecule has 2 aliphatic rings. The first-order valence-electron chi connectivity index (χ1n) is 12.1. The zero-order valence-corrected chi connectivity index (χ0v) is 19.4. The molecular formula is C25H40N4O2. The second kappa shape index (κ2) is 12.2. The van der Waals surface area contributed by atoms with E-state index in [0.29, 0.717) is 12.3 Å². The Hall–Kier alpha value is -1.92. The molecule has 0 aliphatic carbocycles. The van der Waals surface area contributed by atoms with Gasteiger partial charge in [-0.25, -0.2) is 0 Å². The van der Waals surface area contributed by atoms with Gasteiger partial charge in [0, 0.05) is 57.8 Å². The van der Waals surface area contributed by atoms with Crippen molar-refractivity contribution < 1.29 is 9.59 Å². The number of nitrogens with zero attached hydrogens (tertiary/aromatic N) is 3. The molecule has 0 spiro atoms. The molecule has 2 fully saturated rings. The quantitative estimate of drug-likeness (QED) is 0.615. The highest BCUT2D eigenvalue weighted by Crippen LogP contribution is 2.23. The molecule has 3 rings (SSSR count). The number of carbonyl (C=O) groups excluding carboxylic acids is 2. The van der Waals surface area contributed by atoms with Crippen molar-refractivity contribution in [2.24, 2.45) is 5.92 Å². The molecule has 0 radical (unpaired) electrons. The lowest BCUT2D eigenvalue weighted by Gasteiger charge is -2.34. The van der Waals surface area contributed by atoms with Crippen molar-refractivity contribution >= 4 is 11.8 Å². The van der Waals surface area contributed by atoms with Gasteiger partial charge in [-0.1, -0.05) is 24.6 Å². The molecule has 2 saturated heterocycles. The number of carbonyl (C=O) groups is 2. The van der Waals surface area contributed by atoms with Crippen LogP contribution in [0.3, 0.4) is 0 Å². The van der Waals surface area contributed by atoms with Crippen LogP contribution < -0.4 is 5.32 Å². The van der Waals surface area contributed by atoms with Gasteiger partial charge in [0.25, 0.3) is 5.91 Å². The number of nitrogens with one attached hydrogen (secondary N) is 1. The van der Waals surface area contributed by atoms with Crippen LogP contribution in [0.1, 0.15) is 54.9 Å². The minimum atomic E-state index is 0.132. The number of aryl methyl sites for hydroxylation is 1. The Balaban J connectivity index is 1.24. The summed E-state index contributed by atoms with van der Waals surface area (Å²) in [5, 5.41) is 3.09. The van der Waals surface area contributed by atoms with E-state index >= 15 is 0 Å². The van der Waals surface area contributed by atoms with Crippen molar-refractivity contribution in [1.82, 2.24) is 20.0 Å². The minimum Gasteiger partial charge on any atom is -0.356 e. The third kappa shape index (κ3) is 7.62. The number of amides is 2. The summed E-state index contributed by atoms with van der Waals surface area (Å²) < 4.78 is 0. The third-order valence-corrected chi connectivity index (χ3v) is 6.87. The lowest BCUT2D eigenvalue weighted by molar-refractivity contribution is -0.121. The Morgan fingerprint density at radius 2 is 1.61 bits per heavy atom. The lowest BCUT2D eigenvalue weighted by atomic mass is 9.91. The molecule has 0 unspecified atom stereocenters. The van der Waals surface area contributed by atoms with Gasteiger partial charge < -0.3 is 20.0 Å². The number of piperidine rings is 1. The highest BCUT2D eigenvalue weighted by Gasteiger charge is 2.24. The summed E-state index contributed by atoms with van der Waals surface area (Å²) in [4.78, 5) is 31.8. The van der Waals surface area contributed by atoms with Gasteiger partial charge in [0.1, 0.15) is 0 Å². The van der Waals surface area contributed by atoms with Gasteiger partial charge in [-0.15, -0.1) is 0 Å². The number of likely N-dealkylation sites (tertiary alicyclic amines) is 1. The molecule has 1 aromatic carbocycles. The van der Waals surface area contributed by atoms with Gasteiger partial charge in [-0.2, -0.15) is 0 Å². The average molecular weight is 429 g/mol. The summed E-state index contributed by atoms with van der Waals surface area (Å²) in [5.74, 6) is 0.851. The molecule has 1 N–H and O–H groups in total. The molecule has 0 atom stereocenters. The Morgan fingerprint density at radius 3 is 2.26 bits per heavy atom. The number of rotatable bonds is 9. The number of hydrogen-bond donors (Lipinski definition) is 1. The first-order chi connectivity index (χ1) is 15.0. The van der Waals surface area contributed by atoms with Gasteiger partial charge in [0.05, 0.1) is 0 Å². The number of likely N-dealkylation sites (N-methyl/N-ethyl adjacent to an activating group) is 1. The SMILES string of the molecule is CCN1CCN(CCCNC(=O)CCC2CCN(C(=O)c3ccc(C)cc3)CC2)CC1. The molecule has 2 heterocycles. The van der Waals surface area contributed by atoms with Crippen molar-refractivity contribution in [2.45, 2.75) is 46.0 Å². The minimum absolute atomic E-state index is 0.132. The maximum absolute atomic E-state index is 12.6. The van der Waals surface area contributed by atoms with Crippen molar-refractivity contribution in [3.63, 3.8) is 0 Å². The van der Waals surface area contributed by atoms with E-state index in [1.54, 1.807) is 0 Å². The smallest absolute Gasteiger partial charge is 0.253 e. The topological polar surface area (TPSA) is 55.9 Å². The standard InChI is InChI=1S/C25H40N4O2/c1-3-27-17-19-28(20-18-27)14-4-13-26-24(30)10-7-22-11-15-29(16-12-22)25(31)23-8-5-21(2)6-9-23/h5-6,8-9,22H,3-4,7,10-20H2,1-2H3,(H,26,30). The number of benzene rings is 1. The first kappa shape index (κ1) is 23.7. The van der Waals surface area contributed by atoms with E-state index in [0.717, 1.165) is 90.1 Å². The first-order valence-corrected chi connectivity index (χ1v) is 12.1. The molecule has 0 bridgehead atoms. The second-order valence-corrected chi connectivity index (χ2v) is 9.12. The fourth-order valence-electron chi connectivity index (χ4n) is 4.59. The van der Waals surface area contributed by atoms with Gasteiger partial charge in [-0.05, 0) is 63.7 Å². The highest BCUT2D eigenvalue weighted by molar-refractivity contribution is 5.94. The average Bonchev–Trinajstić information content (AvgIpc) is 2.81. The van der Waals surface area contributed by atoms with Crippen LogP contribution in [0.4, 0.5) is 0 Å². The maximum atomic E-state index is 12.6. The van der Waals surface area contributed by atoms with Crippen LogP contribution in [0.25, 0.3) is 0 Å². The van der Waals surface area contributed by atoms with Crippen LogP contribution in [0, 0.1) is 12.8 Å². The molecule has 0 saturated carbocycles. The fourth-order valence-corrected chi connectivity index (χ4v) is 4.59. The van der Waals surface area contributed by atoms with E-state index in [1.165, 1.54) is 5.56 Å². The molecule has 0 aromatic heterocycles. The number of piperazine rings is 1. The summed E-state index contributed by atoms with van der Waals surface area (Å²) in [6.45, 7) is 13.5. The lowest BCUT2D eigenvalue weighted by Crippen LogP contribution is -2.46. The van der Waals surface area contributed by atoms with Crippen molar-refractivity contribution in [3.05, 3.63) is 35.4 Å². The predicted octanol–water partition coefficient (Wildman–Crippen LogP) is 2.77. The Bertz CT molecular complexity index is 690. The monoisotopic (exact) mass is 428 g/mol. The summed E-state index contributed by atoms with van der Waals surface area (Å²) in [5.41, 5.74) is 1.94. The van der Waals surface area contributed by atoms with E-state index in [-0.39, 0.29) is 11.8 Å². The predicted molar refractivity (Wildman–Crippen MR) is 125 cm³/mol. The van der Waals surface area contributed by atoms with Crippen molar-refractivity contribution in [3.8, 4) is 0 Å². The van der Waals surface area contributed by atoms with Crippen LogP contribution in [0.5, 0.6) is 0 Å². The van der Waals surface area contributed by atoms with Gasteiger partial charge in [0.15, 0.2) is 0 Å². The van der Waals surface area contributed by atoms with E-state index < -0.39 is 0 Å². The highest BCUT2D eigenvalue weighted by atomic mass is 16.2. The molecule has 172 valence electrons. The molecule has 6 heteroatoms. The van der Waals surface area contributed by atoms with E-state index in [1.807, 2.05) is 36.1 Å². The molecule has 2 aliphatic heterocycles. The molecular weight excluding hydrogens is 388 g/mol. The van der Waals surface area contributed by atoms with Crippen LogP contribution in [-0.2, 0) is 4.79 Å². The van der Waals surface area contributed by atoms with Gasteiger partial charge in [-0.3, -0.25) is 9.59 Å². The Kier molecular flexibility index (Phi) is 9.34. The van der Waals surface area contributed by atoms with Crippen LogP contribution in [0.2, 0.25) is 0 Å². The van der Waals surface area contributed by atoms with Crippen LogP contribution in [-0.4, -0.2) is 85.4 Å². The van der Waals surface area contributed by atoms with Gasteiger partial charge in [0.2, 0.25) is 5.91 Å².